The van der Waals surface area contributed by atoms with Crippen LogP contribution in [0.15, 0.2) is 42.6 Å². The zero-order valence-electron chi connectivity index (χ0n) is 16.5. The lowest BCUT2D eigenvalue weighted by molar-refractivity contribution is -0.258. The topological polar surface area (TPSA) is 67.2 Å². The van der Waals surface area contributed by atoms with Crippen molar-refractivity contribution in [2.24, 2.45) is 7.05 Å². The normalized spacial score (nSPS) is 15.2. The molecule has 3 aromatic rings. The van der Waals surface area contributed by atoms with Gasteiger partial charge in [-0.25, -0.2) is 0 Å². The van der Waals surface area contributed by atoms with Crippen molar-refractivity contribution < 1.29 is 23.1 Å². The number of hydrogen-bond donors (Lipinski definition) is 2. The van der Waals surface area contributed by atoms with E-state index in [4.69, 9.17) is 0 Å². The molecule has 8 heteroatoms. The van der Waals surface area contributed by atoms with Crippen LogP contribution in [0.3, 0.4) is 0 Å². The van der Waals surface area contributed by atoms with E-state index in [1.807, 2.05) is 20.9 Å². The van der Waals surface area contributed by atoms with E-state index in [1.165, 1.54) is 18.2 Å². The molecule has 5 nitrogen and oxygen atoms in total. The molecule has 3 rings (SSSR count). The first-order valence-electron chi connectivity index (χ1n) is 9.04. The van der Waals surface area contributed by atoms with Crippen molar-refractivity contribution in [1.29, 1.82) is 0 Å². The largest absolute Gasteiger partial charge is 0.421 e. The summed E-state index contributed by atoms with van der Waals surface area (Å²) >= 11 is 0. The number of nitrogens with zero attached hydrogens (tertiary/aromatic N) is 2. The Bertz CT molecular complexity index is 1070. The van der Waals surface area contributed by atoms with Crippen LogP contribution in [0.2, 0.25) is 0 Å². The van der Waals surface area contributed by atoms with Crippen LogP contribution in [-0.4, -0.2) is 27.0 Å². The Morgan fingerprint density at radius 1 is 1.17 bits per heavy atom. The Hall–Kier alpha value is -2.87. The Labute approximate surface area is 166 Å². The fraction of sp³-hybridized carbons (Fsp3) is 0.333. The molecule has 0 bridgehead atoms. The lowest BCUT2D eigenvalue weighted by Crippen LogP contribution is -2.39. The van der Waals surface area contributed by atoms with Gasteiger partial charge in [-0.05, 0) is 55.3 Å². The number of aliphatic hydroxyl groups is 1. The fourth-order valence-electron chi connectivity index (χ4n) is 3.15. The molecule has 0 fully saturated rings. The number of carbonyl (C=O) groups excluding carboxylic acids is 1. The summed E-state index contributed by atoms with van der Waals surface area (Å²) in [5.74, 6) is -0.297. The van der Waals surface area contributed by atoms with Gasteiger partial charge in [-0.2, -0.15) is 18.3 Å². The van der Waals surface area contributed by atoms with Crippen LogP contribution >= 0.6 is 0 Å². The SMILES string of the molecule is Cc1c([C@@H](C)NC(=O)c2ccc3cc([C@](C)(O)C(F)(F)F)ccc3c2)cnn1C. The smallest absolute Gasteiger partial charge is 0.376 e. The molecule has 2 atom stereocenters. The van der Waals surface area contributed by atoms with Crippen molar-refractivity contribution >= 4 is 16.7 Å². The molecular formula is C21H22F3N3O2. The van der Waals surface area contributed by atoms with Crippen molar-refractivity contribution in [2.75, 3.05) is 0 Å². The van der Waals surface area contributed by atoms with E-state index in [1.54, 1.807) is 29.1 Å². The molecule has 154 valence electrons. The van der Waals surface area contributed by atoms with Gasteiger partial charge >= 0.3 is 6.18 Å². The Balaban J connectivity index is 1.85. The second-order valence-corrected chi connectivity index (χ2v) is 7.35. The summed E-state index contributed by atoms with van der Waals surface area (Å²) in [6.45, 7) is 4.49. The van der Waals surface area contributed by atoms with Gasteiger partial charge in [0.1, 0.15) is 0 Å². The molecule has 1 aromatic heterocycles. The molecule has 1 heterocycles. The van der Waals surface area contributed by atoms with Crippen LogP contribution in [0, 0.1) is 6.92 Å². The van der Waals surface area contributed by atoms with Crippen LogP contribution in [0.1, 0.15) is 47.1 Å². The van der Waals surface area contributed by atoms with Gasteiger partial charge in [-0.1, -0.05) is 18.2 Å². The van der Waals surface area contributed by atoms with Crippen molar-refractivity contribution in [3.8, 4) is 0 Å². The highest BCUT2D eigenvalue weighted by Gasteiger charge is 2.51. The van der Waals surface area contributed by atoms with Gasteiger partial charge in [0, 0.05) is 23.9 Å². The Morgan fingerprint density at radius 2 is 1.79 bits per heavy atom. The third-order valence-electron chi connectivity index (χ3n) is 5.30. The Kier molecular flexibility index (Phi) is 5.17. The summed E-state index contributed by atoms with van der Waals surface area (Å²) in [5.41, 5.74) is -0.966. The number of fused-ring (bicyclic) bond motifs is 1. The molecule has 2 aromatic carbocycles. The molecule has 29 heavy (non-hydrogen) atoms. The highest BCUT2D eigenvalue weighted by molar-refractivity contribution is 5.98. The van der Waals surface area contributed by atoms with Gasteiger partial charge < -0.3 is 10.4 Å². The lowest BCUT2D eigenvalue weighted by atomic mass is 9.92. The highest BCUT2D eigenvalue weighted by Crippen LogP contribution is 2.39. The third-order valence-corrected chi connectivity index (χ3v) is 5.30. The van der Waals surface area contributed by atoms with Gasteiger partial charge in [-0.3, -0.25) is 9.48 Å². The number of halogens is 3. The van der Waals surface area contributed by atoms with Crippen molar-refractivity contribution in [2.45, 2.75) is 38.6 Å². The minimum atomic E-state index is -4.79. The summed E-state index contributed by atoms with van der Waals surface area (Å²) in [4.78, 5) is 12.6. The molecule has 0 spiro atoms. The van der Waals surface area contributed by atoms with Crippen LogP contribution in [0.25, 0.3) is 10.8 Å². The molecule has 2 N–H and O–H groups in total. The summed E-state index contributed by atoms with van der Waals surface area (Å²) < 4.78 is 40.9. The predicted molar refractivity (Wildman–Crippen MR) is 103 cm³/mol. The molecule has 0 radical (unpaired) electrons. The maximum Gasteiger partial charge on any atom is 0.421 e. The van der Waals surface area contributed by atoms with Crippen LogP contribution < -0.4 is 5.32 Å². The molecule has 0 aliphatic rings. The number of amides is 1. The predicted octanol–water partition coefficient (Wildman–Crippen LogP) is 4.14. The summed E-state index contributed by atoms with van der Waals surface area (Å²) in [5, 5.41) is 18.0. The monoisotopic (exact) mass is 405 g/mol. The number of benzene rings is 2. The molecule has 0 unspecified atom stereocenters. The molecule has 0 aliphatic heterocycles. The first kappa shape index (κ1) is 20.9. The average Bonchev–Trinajstić information content (AvgIpc) is 2.98. The van der Waals surface area contributed by atoms with E-state index in [-0.39, 0.29) is 17.5 Å². The van der Waals surface area contributed by atoms with Crippen LogP contribution in [0.4, 0.5) is 13.2 Å². The minimum Gasteiger partial charge on any atom is -0.376 e. The molecule has 0 aliphatic carbocycles. The summed E-state index contributed by atoms with van der Waals surface area (Å²) in [6, 6.07) is 8.45. The average molecular weight is 405 g/mol. The van der Waals surface area contributed by atoms with Crippen molar-refractivity contribution in [3.05, 3.63) is 65.0 Å². The Morgan fingerprint density at radius 3 is 2.38 bits per heavy atom. The zero-order chi connectivity index (χ0) is 21.6. The van der Waals surface area contributed by atoms with Gasteiger partial charge in [-0.15, -0.1) is 0 Å². The van der Waals surface area contributed by atoms with E-state index in [9.17, 15) is 23.1 Å². The van der Waals surface area contributed by atoms with Crippen LogP contribution in [0.5, 0.6) is 0 Å². The number of nitrogens with one attached hydrogen (secondary N) is 1. The maximum absolute atomic E-state index is 13.1. The van der Waals surface area contributed by atoms with E-state index < -0.39 is 11.8 Å². The quantitative estimate of drug-likeness (QED) is 0.686. The third kappa shape index (κ3) is 3.85. The van der Waals surface area contributed by atoms with Gasteiger partial charge in [0.15, 0.2) is 5.60 Å². The standard InChI is InChI=1S/C21H22F3N3O2/c1-12(18-11-25-27(4)13(18)2)26-19(28)16-6-5-15-10-17(8-7-14(15)9-16)20(3,29)21(22,23)24/h5-12,29H,1-4H3,(H,26,28)/t12-,20+/m1/s1. The fourth-order valence-corrected chi connectivity index (χ4v) is 3.15. The van der Waals surface area contributed by atoms with E-state index in [0.717, 1.165) is 18.2 Å². The first-order valence-corrected chi connectivity index (χ1v) is 9.04. The van der Waals surface area contributed by atoms with Crippen molar-refractivity contribution in [3.63, 3.8) is 0 Å². The van der Waals surface area contributed by atoms with Crippen LogP contribution in [-0.2, 0) is 12.6 Å². The molecule has 0 saturated heterocycles. The van der Waals surface area contributed by atoms with Gasteiger partial charge in [0.25, 0.3) is 5.91 Å². The van der Waals surface area contributed by atoms with E-state index >= 15 is 0 Å². The lowest BCUT2D eigenvalue weighted by Gasteiger charge is -2.27. The molecular weight excluding hydrogens is 383 g/mol. The van der Waals surface area contributed by atoms with Gasteiger partial charge in [0.05, 0.1) is 12.2 Å². The number of aryl methyl sites for hydroxylation is 1. The van der Waals surface area contributed by atoms with Crippen molar-refractivity contribution in [1.82, 2.24) is 15.1 Å². The number of hydrogen-bond acceptors (Lipinski definition) is 3. The molecule has 0 saturated carbocycles. The second-order valence-electron chi connectivity index (χ2n) is 7.35. The number of carbonyl (C=O) groups is 1. The molecule has 1 amide bonds. The first-order chi connectivity index (χ1) is 13.4. The maximum atomic E-state index is 13.1. The number of rotatable bonds is 4. The summed E-state index contributed by atoms with van der Waals surface area (Å²) in [6.07, 6.45) is -3.09. The summed E-state index contributed by atoms with van der Waals surface area (Å²) in [7, 11) is 1.82. The number of aromatic nitrogens is 2. The van der Waals surface area contributed by atoms with E-state index in [0.29, 0.717) is 16.3 Å². The minimum absolute atomic E-state index is 0.254. The number of alkyl halides is 3. The van der Waals surface area contributed by atoms with E-state index in [2.05, 4.69) is 10.4 Å². The second kappa shape index (κ2) is 7.18. The zero-order valence-corrected chi connectivity index (χ0v) is 16.5. The highest BCUT2D eigenvalue weighted by atomic mass is 19.4. The van der Waals surface area contributed by atoms with Gasteiger partial charge in [0.2, 0.25) is 0 Å².